The fourth-order valence-electron chi connectivity index (χ4n) is 5.48. The Morgan fingerprint density at radius 2 is 2.00 bits per heavy atom. The number of anilines is 1. The van der Waals surface area contributed by atoms with E-state index in [1.54, 1.807) is 13.0 Å². The van der Waals surface area contributed by atoms with Crippen molar-refractivity contribution in [3.63, 3.8) is 0 Å². The maximum atomic E-state index is 15.3. The van der Waals surface area contributed by atoms with E-state index in [0.717, 1.165) is 18.9 Å². The molecule has 45 heavy (non-hydrogen) atoms. The maximum Gasteiger partial charge on any atom is 0.251 e. The van der Waals surface area contributed by atoms with Crippen LogP contribution in [0.1, 0.15) is 65.7 Å². The third-order valence-corrected chi connectivity index (χ3v) is 9.08. The summed E-state index contributed by atoms with van der Waals surface area (Å²) in [6, 6.07) is 6.94. The normalized spacial score (nSPS) is 20.4. The average Bonchev–Trinajstić information content (AvgIpc) is 3.95. The highest BCUT2D eigenvalue weighted by Crippen LogP contribution is 2.49. The number of aromatic nitrogens is 1. The van der Waals surface area contributed by atoms with Crippen LogP contribution in [0, 0.1) is 17.6 Å². The molecule has 2 aromatic carbocycles. The molecule has 0 spiro atoms. The second kappa shape index (κ2) is 11.2. The van der Waals surface area contributed by atoms with Gasteiger partial charge in [-0.25, -0.2) is 18.2 Å². The Morgan fingerprint density at radius 3 is 2.64 bits per heavy atom. The Bertz CT molecular complexity index is 1760. The monoisotopic (exact) mass is 641 g/mol. The molecule has 6 rings (SSSR count). The minimum absolute atomic E-state index is 0.0531. The molecule has 13 heteroatoms. The third-order valence-electron chi connectivity index (χ3n) is 8.73. The molecule has 5 N–H and O–H groups in total. The molecule has 2 aliphatic carbocycles. The maximum absolute atomic E-state index is 15.3. The van der Waals surface area contributed by atoms with E-state index >= 15 is 4.39 Å². The summed E-state index contributed by atoms with van der Waals surface area (Å²) in [7, 11) is 1.41. The van der Waals surface area contributed by atoms with Crippen LogP contribution < -0.4 is 26.3 Å². The summed E-state index contributed by atoms with van der Waals surface area (Å²) in [5.74, 6) is -4.46. The highest BCUT2D eigenvalue weighted by molar-refractivity contribution is 6.31. The fourth-order valence-corrected chi connectivity index (χ4v) is 5.64. The van der Waals surface area contributed by atoms with E-state index in [0.29, 0.717) is 29.7 Å². The third kappa shape index (κ3) is 5.67. The lowest BCUT2D eigenvalue weighted by Gasteiger charge is -2.22. The quantitative estimate of drug-likeness (QED) is 0.120. The first-order chi connectivity index (χ1) is 21.3. The largest absolute Gasteiger partial charge is 0.495 e. The van der Waals surface area contributed by atoms with Crippen LogP contribution in [0.3, 0.4) is 0 Å². The number of primary amides is 1. The van der Waals surface area contributed by atoms with Crippen LogP contribution in [-0.4, -0.2) is 49.1 Å². The number of aliphatic imine (C=N–C) groups is 1. The van der Waals surface area contributed by atoms with E-state index in [4.69, 9.17) is 37.5 Å². The number of carbonyl (C=O) groups excluding carboxylic acids is 2. The number of methoxy groups -OCH3 is 1. The summed E-state index contributed by atoms with van der Waals surface area (Å²) in [6.45, 7) is 1.67. The fraction of sp³-hybridized carbons (Fsp3) is 0.375. The first-order valence-corrected chi connectivity index (χ1v) is 14.8. The second-order valence-electron chi connectivity index (χ2n) is 12.0. The van der Waals surface area contributed by atoms with Crippen molar-refractivity contribution < 1.29 is 32.2 Å². The van der Waals surface area contributed by atoms with Gasteiger partial charge in [-0.3, -0.25) is 14.6 Å². The number of nitrogens with two attached hydrogens (primary N) is 2. The van der Waals surface area contributed by atoms with Crippen molar-refractivity contribution in [3.05, 3.63) is 69.4 Å². The number of amides is 2. The van der Waals surface area contributed by atoms with E-state index in [-0.39, 0.29) is 59.0 Å². The number of nitrogens with zero attached hydrogens (tertiary/aromatic N) is 2. The van der Waals surface area contributed by atoms with Crippen LogP contribution in [0.5, 0.6) is 11.5 Å². The van der Waals surface area contributed by atoms with Crippen LogP contribution >= 0.6 is 11.6 Å². The van der Waals surface area contributed by atoms with Gasteiger partial charge in [0, 0.05) is 59.5 Å². The number of rotatable bonds is 10. The molecular formula is C32H31ClF3N5O4. The van der Waals surface area contributed by atoms with Crippen molar-refractivity contribution >= 4 is 35.3 Å². The molecule has 3 aromatic rings. The second-order valence-corrected chi connectivity index (χ2v) is 12.4. The van der Waals surface area contributed by atoms with Crippen molar-refractivity contribution in [3.8, 4) is 22.8 Å². The van der Waals surface area contributed by atoms with Gasteiger partial charge in [0.05, 0.1) is 12.8 Å². The van der Waals surface area contributed by atoms with Crippen molar-refractivity contribution in [2.24, 2.45) is 16.6 Å². The molecule has 0 unspecified atom stereocenters. The predicted molar refractivity (Wildman–Crippen MR) is 163 cm³/mol. The topological polar surface area (TPSA) is 142 Å². The molecule has 236 valence electrons. The summed E-state index contributed by atoms with van der Waals surface area (Å²) in [5.41, 5.74) is 12.3. The Labute approximate surface area is 262 Å². The van der Waals surface area contributed by atoms with Crippen molar-refractivity contribution in [2.75, 3.05) is 26.0 Å². The van der Waals surface area contributed by atoms with Crippen LogP contribution in [0.25, 0.3) is 11.3 Å². The zero-order chi connectivity index (χ0) is 32.3. The molecular weight excluding hydrogens is 611 g/mol. The molecule has 1 aliphatic heterocycles. The zero-order valence-electron chi connectivity index (χ0n) is 24.6. The summed E-state index contributed by atoms with van der Waals surface area (Å²) in [5, 5.41) is 2.24. The lowest BCUT2D eigenvalue weighted by molar-refractivity contribution is -0.123. The van der Waals surface area contributed by atoms with Crippen molar-refractivity contribution in [1.29, 1.82) is 0 Å². The predicted octanol–water partition coefficient (Wildman–Crippen LogP) is 5.21. The Morgan fingerprint density at radius 1 is 1.27 bits per heavy atom. The zero-order valence-corrected chi connectivity index (χ0v) is 25.3. The SMILES string of the molecule is COc1cc(C(=O)NC[C@H](c2cc3c(c(-c4ccc(F)c(Cl)c4F)n2)OC[C@]3(C)C(N)=O)C2CC2)cc(C=NC2(F)CC2)c1N. The van der Waals surface area contributed by atoms with Crippen LogP contribution in [-0.2, 0) is 10.2 Å². The number of carbonyl (C=O) groups is 2. The molecule has 1 aromatic heterocycles. The highest BCUT2D eigenvalue weighted by Gasteiger charge is 2.45. The number of hydrogen-bond donors (Lipinski definition) is 3. The van der Waals surface area contributed by atoms with Gasteiger partial charge in [-0.05, 0) is 56.0 Å². The van der Waals surface area contributed by atoms with E-state index in [1.165, 1.54) is 31.5 Å². The number of benzene rings is 2. The Balaban J connectivity index is 1.35. The van der Waals surface area contributed by atoms with Gasteiger partial charge in [0.25, 0.3) is 5.91 Å². The molecule has 2 fully saturated rings. The molecule has 2 heterocycles. The van der Waals surface area contributed by atoms with Crippen LogP contribution in [0.4, 0.5) is 18.9 Å². The smallest absolute Gasteiger partial charge is 0.251 e. The lowest BCUT2D eigenvalue weighted by atomic mass is 9.82. The van der Waals surface area contributed by atoms with Gasteiger partial charge in [-0.1, -0.05) is 11.6 Å². The van der Waals surface area contributed by atoms with Gasteiger partial charge in [0.2, 0.25) is 5.91 Å². The summed E-state index contributed by atoms with van der Waals surface area (Å²) in [6.07, 6.45) is 3.68. The summed E-state index contributed by atoms with van der Waals surface area (Å²) in [4.78, 5) is 34.7. The molecule has 0 bridgehead atoms. The summed E-state index contributed by atoms with van der Waals surface area (Å²) >= 11 is 5.90. The Kier molecular flexibility index (Phi) is 7.67. The van der Waals surface area contributed by atoms with Crippen molar-refractivity contribution in [1.82, 2.24) is 10.3 Å². The number of nitrogen functional groups attached to an aromatic ring is 1. The van der Waals surface area contributed by atoms with Gasteiger partial charge < -0.3 is 26.3 Å². The first-order valence-electron chi connectivity index (χ1n) is 14.5. The molecule has 9 nitrogen and oxygen atoms in total. The van der Waals surface area contributed by atoms with Gasteiger partial charge in [-0.15, -0.1) is 0 Å². The van der Waals surface area contributed by atoms with Gasteiger partial charge in [-0.2, -0.15) is 0 Å². The molecule has 2 atom stereocenters. The minimum atomic E-state index is -1.60. The number of hydrogen-bond acceptors (Lipinski definition) is 7. The molecule has 0 saturated heterocycles. The van der Waals surface area contributed by atoms with E-state index in [9.17, 15) is 18.4 Å². The molecule has 0 radical (unpaired) electrons. The highest BCUT2D eigenvalue weighted by atomic mass is 35.5. The number of ether oxygens (including phenoxy) is 2. The van der Waals surface area contributed by atoms with Crippen molar-refractivity contribution in [2.45, 2.75) is 49.7 Å². The average molecular weight is 642 g/mol. The first kappa shape index (κ1) is 30.7. The van der Waals surface area contributed by atoms with Crippen LogP contribution in [0.2, 0.25) is 5.02 Å². The number of alkyl halides is 1. The van der Waals surface area contributed by atoms with E-state index in [2.05, 4.69) is 10.3 Å². The molecule has 3 aliphatic rings. The number of fused-ring (bicyclic) bond motifs is 1. The lowest BCUT2D eigenvalue weighted by Crippen LogP contribution is -2.40. The van der Waals surface area contributed by atoms with Gasteiger partial charge in [0.15, 0.2) is 11.6 Å². The minimum Gasteiger partial charge on any atom is -0.495 e. The summed E-state index contributed by atoms with van der Waals surface area (Å²) < 4.78 is 54.7. The molecule has 2 amide bonds. The van der Waals surface area contributed by atoms with Crippen LogP contribution in [0.15, 0.2) is 35.3 Å². The van der Waals surface area contributed by atoms with E-state index in [1.807, 2.05) is 0 Å². The van der Waals surface area contributed by atoms with E-state index < -0.39 is 39.7 Å². The number of halogens is 4. The molecule has 2 saturated carbocycles. The van der Waals surface area contributed by atoms with Gasteiger partial charge >= 0.3 is 0 Å². The number of pyridine rings is 1. The standard InChI is InChI=1S/C32H31ClF3N5O4/c1-31(30(38)43)14-45-28-20(31)11-22(41-27(28)18-5-6-21(34)24(33)25(18)35)19(15-3-4-15)13-39-29(42)16-9-17(12-40-32(36)7-8-32)26(37)23(10-16)44-2/h5-6,9-12,15,19H,3-4,7-8,13-14,37H2,1-2H3,(H2,38,43)(H,39,42)/t19-,31-/m0/s1. The number of nitrogens with one attached hydrogen (secondary N) is 1. The van der Waals surface area contributed by atoms with Gasteiger partial charge in [0.1, 0.15) is 40.1 Å². The Hall–Kier alpha value is -4.32.